The molecule has 6 unspecified atom stereocenters. The quantitative estimate of drug-likeness (QED) is 0.139. The number of hydrogen-bond donors (Lipinski definition) is 6. The zero-order chi connectivity index (χ0) is 53.5. The number of fused-ring (bicyclic) bond motifs is 2. The average Bonchev–Trinajstić information content (AvgIpc) is 3.38. The highest BCUT2D eigenvalue weighted by atomic mass is 16.2. The summed E-state index contributed by atoms with van der Waals surface area (Å²) in [6.45, 7) is 11.2. The van der Waals surface area contributed by atoms with Crippen LogP contribution in [-0.2, 0) is 41.6 Å². The van der Waals surface area contributed by atoms with Gasteiger partial charge in [0.2, 0.25) is 35.4 Å². The number of carbonyl (C=O) groups excluding carboxylic acids is 8. The summed E-state index contributed by atoms with van der Waals surface area (Å²) in [6.07, 6.45) is 4.97. The molecular weight excluding hydrogens is 941 g/mol. The molecule has 2 fully saturated rings. The minimum Gasteiger partial charge on any atom is -0.347 e. The number of amides is 8. The summed E-state index contributed by atoms with van der Waals surface area (Å²) >= 11 is 0. The molecule has 2 aliphatic carbocycles. The second-order valence-corrected chi connectivity index (χ2v) is 22.3. The van der Waals surface area contributed by atoms with Gasteiger partial charge in [-0.25, -0.2) is 0 Å². The monoisotopic (exact) mass is 1020 g/mol. The fourth-order valence-corrected chi connectivity index (χ4v) is 10.7. The van der Waals surface area contributed by atoms with Crippen molar-refractivity contribution in [3.63, 3.8) is 0 Å². The zero-order valence-electron chi connectivity index (χ0n) is 44.3. The first-order valence-electron chi connectivity index (χ1n) is 26.1. The van der Waals surface area contributed by atoms with Crippen molar-refractivity contribution < 1.29 is 38.4 Å². The van der Waals surface area contributed by atoms with Gasteiger partial charge < -0.3 is 51.5 Å². The first-order valence-corrected chi connectivity index (χ1v) is 26.1. The van der Waals surface area contributed by atoms with E-state index in [0.717, 1.165) is 47.9 Å². The molecule has 2 heterocycles. The summed E-state index contributed by atoms with van der Waals surface area (Å²) in [5.74, 6) is -3.17. The maximum Gasteiger partial charge on any atom is 0.253 e. The van der Waals surface area contributed by atoms with Crippen LogP contribution in [0.5, 0.6) is 0 Å². The van der Waals surface area contributed by atoms with Crippen molar-refractivity contribution in [1.82, 2.24) is 51.5 Å². The van der Waals surface area contributed by atoms with Gasteiger partial charge in [0, 0.05) is 37.3 Å². The normalized spacial score (nSPS) is 20.8. The number of benzene rings is 3. The predicted molar refractivity (Wildman–Crippen MR) is 280 cm³/mol. The van der Waals surface area contributed by atoms with Crippen LogP contribution in [0.2, 0.25) is 0 Å². The lowest BCUT2D eigenvalue weighted by atomic mass is 9.85. The van der Waals surface area contributed by atoms with Crippen molar-refractivity contribution in [2.45, 2.75) is 116 Å². The van der Waals surface area contributed by atoms with Crippen LogP contribution in [0, 0.1) is 10.8 Å². The van der Waals surface area contributed by atoms with E-state index in [1.807, 2.05) is 77.9 Å². The van der Waals surface area contributed by atoms with E-state index in [1.54, 1.807) is 48.2 Å². The largest absolute Gasteiger partial charge is 0.347 e. The topological polar surface area (TPSA) is 222 Å². The fourth-order valence-electron chi connectivity index (χ4n) is 10.7. The minimum atomic E-state index is -1.08. The van der Waals surface area contributed by atoms with Crippen molar-refractivity contribution in [3.8, 4) is 0 Å². The van der Waals surface area contributed by atoms with Gasteiger partial charge in [-0.15, -0.1) is 0 Å². The van der Waals surface area contributed by atoms with Crippen molar-refractivity contribution in [1.29, 1.82) is 0 Å². The number of nitrogens with one attached hydrogen (secondary N) is 6. The summed E-state index contributed by atoms with van der Waals surface area (Å²) in [4.78, 5) is 119. The Morgan fingerprint density at radius 3 is 1.24 bits per heavy atom. The maximum atomic E-state index is 14.6. The number of piperazine rings is 2. The van der Waals surface area contributed by atoms with Gasteiger partial charge in [0.15, 0.2) is 0 Å². The number of carbonyl (C=O) groups is 8. The van der Waals surface area contributed by atoms with Crippen LogP contribution in [0.1, 0.15) is 122 Å². The van der Waals surface area contributed by atoms with E-state index in [4.69, 9.17) is 0 Å². The molecule has 6 atom stereocenters. The van der Waals surface area contributed by atoms with Gasteiger partial charge in [0.25, 0.3) is 11.8 Å². The molecule has 3 aromatic carbocycles. The lowest BCUT2D eigenvalue weighted by Gasteiger charge is -2.44. The van der Waals surface area contributed by atoms with E-state index in [0.29, 0.717) is 12.8 Å². The minimum absolute atomic E-state index is 0.000708. The number of likely N-dealkylation sites (N-methyl/N-ethyl adjacent to an activating group) is 2. The second kappa shape index (κ2) is 23.7. The fraction of sp³-hybridized carbons (Fsp3) is 0.536. The number of rotatable bonds is 14. The molecule has 6 N–H and O–H groups in total. The van der Waals surface area contributed by atoms with Crippen LogP contribution in [0.4, 0.5) is 0 Å². The molecule has 2 saturated heterocycles. The third kappa shape index (κ3) is 12.8. The lowest BCUT2D eigenvalue weighted by Crippen LogP contribution is -2.66. The molecule has 0 radical (unpaired) electrons. The van der Waals surface area contributed by atoms with E-state index in [2.05, 4.69) is 44.0 Å². The Kier molecular flexibility index (Phi) is 17.6. The number of aryl methyl sites for hydroxylation is 2. The Morgan fingerprint density at radius 1 is 0.527 bits per heavy atom. The van der Waals surface area contributed by atoms with Crippen LogP contribution in [0.25, 0.3) is 0 Å². The van der Waals surface area contributed by atoms with Gasteiger partial charge in [-0.2, -0.15) is 0 Å². The smallest absolute Gasteiger partial charge is 0.253 e. The molecular formula is C56H76N10O8. The number of nitrogens with zero attached hydrogens (tertiary/aromatic N) is 4. The highest BCUT2D eigenvalue weighted by Crippen LogP contribution is 2.33. The number of hydrogen-bond acceptors (Lipinski definition) is 10. The first kappa shape index (κ1) is 55.1. The molecule has 0 saturated carbocycles. The summed E-state index contributed by atoms with van der Waals surface area (Å²) < 4.78 is 0. The second-order valence-electron chi connectivity index (χ2n) is 22.3. The molecule has 18 heteroatoms. The summed E-state index contributed by atoms with van der Waals surface area (Å²) in [5, 5.41) is 17.8. The third-order valence-corrected chi connectivity index (χ3v) is 14.8. The summed E-state index contributed by atoms with van der Waals surface area (Å²) in [6, 6.07) is 17.5. The van der Waals surface area contributed by atoms with E-state index in [-0.39, 0.29) is 87.4 Å². The summed E-state index contributed by atoms with van der Waals surface area (Å²) in [7, 11) is 3.28. The molecule has 18 nitrogen and oxygen atoms in total. The van der Waals surface area contributed by atoms with Crippen molar-refractivity contribution in [3.05, 3.63) is 106 Å². The summed E-state index contributed by atoms with van der Waals surface area (Å²) in [5.41, 5.74) is 3.46. The molecule has 0 aromatic heterocycles. The van der Waals surface area contributed by atoms with Crippen LogP contribution in [-0.4, -0.2) is 157 Å². The molecule has 398 valence electrons. The average molecular weight is 1020 g/mol. The van der Waals surface area contributed by atoms with Crippen LogP contribution < -0.4 is 31.9 Å². The molecule has 7 rings (SSSR count). The Morgan fingerprint density at radius 2 is 0.892 bits per heavy atom. The Balaban J connectivity index is 1.10. The Hall–Kier alpha value is -6.66. The maximum absolute atomic E-state index is 14.6. The van der Waals surface area contributed by atoms with Gasteiger partial charge in [-0.05, 0) is 110 Å². The molecule has 8 amide bonds. The van der Waals surface area contributed by atoms with E-state index in [9.17, 15) is 38.4 Å². The van der Waals surface area contributed by atoms with E-state index >= 15 is 0 Å². The van der Waals surface area contributed by atoms with Gasteiger partial charge >= 0.3 is 0 Å². The third-order valence-electron chi connectivity index (χ3n) is 14.8. The van der Waals surface area contributed by atoms with Crippen molar-refractivity contribution in [2.75, 3.05) is 66.5 Å². The van der Waals surface area contributed by atoms with E-state index < -0.39 is 70.4 Å². The molecule has 2 aliphatic heterocycles. The first-order chi connectivity index (χ1) is 35.2. The van der Waals surface area contributed by atoms with Gasteiger partial charge in [0.1, 0.15) is 24.2 Å². The molecule has 0 spiro atoms. The highest BCUT2D eigenvalue weighted by molar-refractivity contribution is 6.00. The SMILES string of the molecule is CNCC(=O)NC(C(=O)N1CCN(C(=O)c2ccc(C(=O)N3CCN(C(=O)C(NC(=O)CNC)C(C)(C)C)C(C(=O)NC4CCCc5ccccc54)C3)cc2)CC1C(=O)NC1CCCc2ccccc21)C(C)(C)C. The molecule has 74 heavy (non-hydrogen) atoms. The van der Waals surface area contributed by atoms with Crippen molar-refractivity contribution in [2.24, 2.45) is 10.8 Å². The van der Waals surface area contributed by atoms with Gasteiger partial charge in [-0.1, -0.05) is 90.1 Å². The predicted octanol–water partition coefficient (Wildman–Crippen LogP) is 2.88. The molecule has 3 aromatic rings. The van der Waals surface area contributed by atoms with Gasteiger partial charge in [-0.3, -0.25) is 38.4 Å². The van der Waals surface area contributed by atoms with E-state index in [1.165, 1.54) is 9.80 Å². The highest BCUT2D eigenvalue weighted by Gasteiger charge is 2.46. The van der Waals surface area contributed by atoms with Crippen LogP contribution in [0.3, 0.4) is 0 Å². The van der Waals surface area contributed by atoms with Crippen LogP contribution in [0.15, 0.2) is 72.8 Å². The van der Waals surface area contributed by atoms with Gasteiger partial charge in [0.05, 0.1) is 38.3 Å². The van der Waals surface area contributed by atoms with Crippen LogP contribution >= 0.6 is 0 Å². The molecule has 4 aliphatic rings. The Bertz CT molecular complexity index is 2400. The molecule has 0 bridgehead atoms. The standard InChI is InChI=1S/C56H76N10O8/c1-55(2,3)47(61-45(67)31-57-7)53(73)65-29-27-63(33-43(65)49(69)59-41-21-13-17-35-15-9-11-19-39(35)41)51(71)37-23-25-38(26-24-37)52(72)64-28-30-66(54(74)48(56(4,5)6)62-46(68)32-58-8)44(34-64)50(70)60-42-22-14-18-36-16-10-12-20-40(36)42/h9-12,15-16,19-20,23-26,41-44,47-48,57-58H,13-14,17-18,21-22,27-34H2,1-8H3,(H,59,69)(H,60,70)(H,61,67)(H,62,68). The van der Waals surface area contributed by atoms with Crippen molar-refractivity contribution >= 4 is 47.3 Å². The lowest BCUT2D eigenvalue weighted by molar-refractivity contribution is -0.148. The zero-order valence-corrected chi connectivity index (χ0v) is 44.3. The Labute approximate surface area is 435 Å².